The Balaban J connectivity index is 1.48. The van der Waals surface area contributed by atoms with Crippen molar-refractivity contribution in [1.29, 1.82) is 0 Å². The second-order valence-corrected chi connectivity index (χ2v) is 15.7. The average molecular weight is 879 g/mol. The number of carbonyl (C=O) groups is 6. The van der Waals surface area contributed by atoms with Crippen molar-refractivity contribution in [3.8, 4) is 11.4 Å². The molecule has 1 aliphatic carbocycles. The largest absolute Gasteiger partial charge is 0.513 e. The lowest BCUT2D eigenvalue weighted by atomic mass is 10.2. The fourth-order valence-electron chi connectivity index (χ4n) is 6.91. The lowest BCUT2D eigenvalue weighted by Gasteiger charge is -2.37. The van der Waals surface area contributed by atoms with E-state index in [0.717, 1.165) is 11.3 Å². The summed E-state index contributed by atoms with van der Waals surface area (Å²) < 4.78 is 48.3. The molecule has 3 amide bonds. The van der Waals surface area contributed by atoms with Gasteiger partial charge in [0, 0.05) is 50.9 Å². The number of rotatable bonds is 18. The highest BCUT2D eigenvalue weighted by Gasteiger charge is 2.60. The van der Waals surface area contributed by atoms with Crippen LogP contribution in [0.3, 0.4) is 0 Å². The number of amides is 3. The molecule has 334 valence electrons. The summed E-state index contributed by atoms with van der Waals surface area (Å²) in [4.78, 5) is 113. The molecule has 0 spiro atoms. The van der Waals surface area contributed by atoms with Gasteiger partial charge in [0.2, 0.25) is 5.91 Å². The average Bonchev–Trinajstić information content (AvgIpc) is 3.74. The number of fused-ring (bicyclic) bond motifs is 1. The number of benzene rings is 1. The molecule has 1 aromatic heterocycles. The summed E-state index contributed by atoms with van der Waals surface area (Å²) in [6.45, 7) is 4.36. The lowest BCUT2D eigenvalue weighted by Crippen LogP contribution is -2.59. The lowest BCUT2D eigenvalue weighted by molar-refractivity contribution is -0.258. The summed E-state index contributed by atoms with van der Waals surface area (Å²) >= 11 is 0. The molecule has 1 aromatic carbocycles. The third-order valence-corrected chi connectivity index (χ3v) is 11.0. The summed E-state index contributed by atoms with van der Waals surface area (Å²) in [5, 5.41) is 2.35. The number of anilines is 1. The van der Waals surface area contributed by atoms with Crippen LogP contribution in [0.4, 0.5) is 20.2 Å². The first-order chi connectivity index (χ1) is 29.2. The van der Waals surface area contributed by atoms with Crippen molar-refractivity contribution in [3.63, 3.8) is 0 Å². The van der Waals surface area contributed by atoms with Crippen LogP contribution in [0.5, 0.6) is 0 Å². The van der Waals surface area contributed by atoms with Gasteiger partial charge in [-0.3, -0.25) is 23.7 Å². The molecule has 2 unspecified atom stereocenters. The van der Waals surface area contributed by atoms with E-state index in [2.05, 4.69) is 10.3 Å². The van der Waals surface area contributed by atoms with E-state index in [1.165, 1.54) is 24.8 Å². The van der Waals surface area contributed by atoms with E-state index in [4.69, 9.17) is 38.1 Å². The quantitative estimate of drug-likeness (QED) is 0.0638. The molecule has 2 aromatic rings. The number of nitrogens with one attached hydrogen (secondary N) is 1. The van der Waals surface area contributed by atoms with Crippen LogP contribution < -0.4 is 10.2 Å². The van der Waals surface area contributed by atoms with E-state index < -0.39 is 56.2 Å². The highest BCUT2D eigenvalue weighted by Crippen LogP contribution is 2.53. The van der Waals surface area contributed by atoms with E-state index in [0.29, 0.717) is 30.9 Å². The number of ether oxygens (including phenoxy) is 7. The predicted molar refractivity (Wildman–Crippen MR) is 209 cm³/mol. The standard InChI is InChI=1S/C38H51N6O16P/c1-5-9-19-57-35(48)43-17-15-42(16-18-43)32(46)29(34(61(51,52)53)58-38(59-36(49)55-7-3)60-37(50)56-8-4)41-31(45)26-20-27(40-30(39-26)23-13-11-10-12-14-23)44-21-24-25(22-44)28(24)33(47)54-6-2/h10-14,20,24-25,28-29,34,38H,5-9,15-19,21-22H2,1-4H3,(H,41,45)(H2,51,52,53)/t24-,25+,28?,29?,34-/m1/s1. The van der Waals surface area contributed by atoms with E-state index in [1.54, 1.807) is 37.3 Å². The van der Waals surface area contributed by atoms with Crippen LogP contribution >= 0.6 is 7.60 Å². The second-order valence-electron chi connectivity index (χ2n) is 14.0. The number of esters is 1. The van der Waals surface area contributed by atoms with Gasteiger partial charge < -0.3 is 58.2 Å². The van der Waals surface area contributed by atoms with Crippen LogP contribution in [0.25, 0.3) is 11.4 Å². The molecule has 23 heteroatoms. The van der Waals surface area contributed by atoms with Gasteiger partial charge in [0.15, 0.2) is 11.7 Å². The third kappa shape index (κ3) is 12.3. The fourth-order valence-corrected chi connectivity index (χ4v) is 7.76. The molecular formula is C38H51N6O16P. The second kappa shape index (κ2) is 21.3. The number of aromatic nitrogens is 2. The van der Waals surface area contributed by atoms with Crippen molar-refractivity contribution in [2.75, 3.05) is 70.6 Å². The Morgan fingerprint density at radius 2 is 1.41 bits per heavy atom. The minimum Gasteiger partial charge on any atom is -0.466 e. The Bertz CT molecular complexity index is 1900. The first kappa shape index (κ1) is 46.5. The van der Waals surface area contributed by atoms with E-state index in [1.807, 2.05) is 11.8 Å². The molecule has 0 radical (unpaired) electrons. The molecule has 5 rings (SSSR count). The number of hydrogen-bond donors (Lipinski definition) is 3. The topological polar surface area (TPSA) is 272 Å². The fraction of sp³-hybridized carbons (Fsp3) is 0.579. The minimum absolute atomic E-state index is 0.00473. The first-order valence-electron chi connectivity index (χ1n) is 19.9. The van der Waals surface area contributed by atoms with Crippen molar-refractivity contribution in [2.24, 2.45) is 17.8 Å². The van der Waals surface area contributed by atoms with Crippen LogP contribution in [-0.4, -0.2) is 150 Å². The maximum absolute atomic E-state index is 14.4. The Morgan fingerprint density at radius 3 is 1.97 bits per heavy atom. The molecule has 3 fully saturated rings. The molecule has 5 atom stereocenters. The monoisotopic (exact) mass is 878 g/mol. The summed E-state index contributed by atoms with van der Waals surface area (Å²) in [5.41, 5.74) is 0.188. The van der Waals surface area contributed by atoms with Crippen molar-refractivity contribution in [1.82, 2.24) is 25.1 Å². The van der Waals surface area contributed by atoms with Crippen molar-refractivity contribution in [3.05, 3.63) is 42.1 Å². The Morgan fingerprint density at radius 1 is 0.820 bits per heavy atom. The van der Waals surface area contributed by atoms with Crippen molar-refractivity contribution >= 4 is 49.6 Å². The van der Waals surface area contributed by atoms with Crippen LogP contribution in [0.2, 0.25) is 0 Å². The smallest absolute Gasteiger partial charge is 0.466 e. The van der Waals surface area contributed by atoms with Gasteiger partial charge in [0.1, 0.15) is 17.6 Å². The first-order valence-corrected chi connectivity index (χ1v) is 21.6. The number of piperidine rings is 1. The van der Waals surface area contributed by atoms with Crippen LogP contribution in [0.1, 0.15) is 51.0 Å². The third-order valence-electron chi connectivity index (χ3n) is 9.96. The van der Waals surface area contributed by atoms with Crippen molar-refractivity contribution < 1.29 is 76.3 Å². The molecule has 22 nitrogen and oxygen atoms in total. The molecule has 1 saturated carbocycles. The molecule has 61 heavy (non-hydrogen) atoms. The van der Waals surface area contributed by atoms with Gasteiger partial charge in [0.25, 0.3) is 5.91 Å². The zero-order valence-electron chi connectivity index (χ0n) is 34.2. The zero-order chi connectivity index (χ0) is 44.3. The summed E-state index contributed by atoms with van der Waals surface area (Å²) in [5.74, 6) is -5.03. The van der Waals surface area contributed by atoms with Gasteiger partial charge in [0.05, 0.1) is 32.3 Å². The number of hydrogen-bond acceptors (Lipinski definition) is 17. The Hall–Kier alpha value is -5.57. The number of carbonyl (C=O) groups excluding carboxylic acids is 6. The van der Waals surface area contributed by atoms with Gasteiger partial charge in [-0.1, -0.05) is 43.7 Å². The van der Waals surface area contributed by atoms with Crippen LogP contribution in [-0.2, 0) is 47.3 Å². The van der Waals surface area contributed by atoms with E-state index in [9.17, 15) is 43.1 Å². The van der Waals surface area contributed by atoms with Gasteiger partial charge >= 0.3 is 38.4 Å². The maximum atomic E-state index is 14.4. The molecule has 3 heterocycles. The van der Waals surface area contributed by atoms with Gasteiger partial charge in [-0.25, -0.2) is 24.4 Å². The number of unbranched alkanes of at least 4 members (excludes halogenated alkanes) is 1. The maximum Gasteiger partial charge on any atom is 0.513 e. The molecular weight excluding hydrogens is 827 g/mol. The normalized spacial score (nSPS) is 19.3. The molecule has 2 saturated heterocycles. The molecule has 2 aliphatic heterocycles. The SMILES string of the molecule is CCCCOC(=O)N1CCN(C(=O)C(NC(=O)c2cc(N3C[C@@H]4C(C(=O)OCC)[C@@H]4C3)nc(-c3ccccc3)n2)[C@H](OC(OC(=O)OCC)OC(=O)OCC)P(=O)(O)O)CC1. The molecule has 3 N–H and O–H groups in total. The highest BCUT2D eigenvalue weighted by atomic mass is 31.2. The number of nitrogens with zero attached hydrogens (tertiary/aromatic N) is 5. The van der Waals surface area contributed by atoms with Gasteiger partial charge in [-0.15, -0.1) is 0 Å². The summed E-state index contributed by atoms with van der Waals surface area (Å²) in [6.07, 6.45) is -2.14. The summed E-state index contributed by atoms with van der Waals surface area (Å²) in [7, 11) is -5.72. The van der Waals surface area contributed by atoms with Crippen LogP contribution in [0.15, 0.2) is 36.4 Å². The predicted octanol–water partition coefficient (Wildman–Crippen LogP) is 2.72. The zero-order valence-corrected chi connectivity index (χ0v) is 35.1. The van der Waals surface area contributed by atoms with Crippen LogP contribution in [0, 0.1) is 17.8 Å². The van der Waals surface area contributed by atoms with Crippen molar-refractivity contribution in [2.45, 2.75) is 58.9 Å². The molecule has 3 aliphatic rings. The Labute approximate surface area is 351 Å². The Kier molecular flexibility index (Phi) is 16.2. The van der Waals surface area contributed by atoms with Gasteiger partial charge in [-0.2, -0.15) is 0 Å². The molecule has 0 bridgehead atoms. The number of piperazine rings is 1. The minimum atomic E-state index is -5.72. The van der Waals surface area contributed by atoms with E-state index in [-0.39, 0.29) is 87.8 Å². The van der Waals surface area contributed by atoms with E-state index >= 15 is 0 Å². The highest BCUT2D eigenvalue weighted by molar-refractivity contribution is 7.52. The van der Waals surface area contributed by atoms with Gasteiger partial charge in [-0.05, 0) is 39.0 Å². The summed E-state index contributed by atoms with van der Waals surface area (Å²) in [6, 6.07) is 7.69.